The molecule has 128 valence electrons. The summed E-state index contributed by atoms with van der Waals surface area (Å²) in [6.45, 7) is 3.53. The number of nitrogens with one attached hydrogen (secondary N) is 2. The molecule has 2 rings (SSSR count). The predicted molar refractivity (Wildman–Crippen MR) is 84.2 cm³/mol. The highest BCUT2D eigenvalue weighted by atomic mass is 32.2. The van der Waals surface area contributed by atoms with Gasteiger partial charge in [-0.05, 0) is 32.0 Å². The second kappa shape index (κ2) is 7.24. The molecule has 1 aromatic rings. The molecule has 0 saturated heterocycles. The standard InChI is InChI=1S/C14H20FN3O4S/c1-9(2)18-23(19,20)16-8-11-7-13(17-22-11)10-4-5-14(21-3)12(15)6-10/h4-6,9,11,16,18H,7-8H2,1-3H3/t11-/m0/s1. The molecule has 23 heavy (non-hydrogen) atoms. The summed E-state index contributed by atoms with van der Waals surface area (Å²) in [5.41, 5.74) is 1.14. The van der Waals surface area contributed by atoms with Gasteiger partial charge in [0.05, 0.1) is 19.4 Å². The van der Waals surface area contributed by atoms with E-state index < -0.39 is 22.1 Å². The van der Waals surface area contributed by atoms with Gasteiger partial charge >= 0.3 is 0 Å². The highest BCUT2D eigenvalue weighted by Gasteiger charge is 2.24. The van der Waals surface area contributed by atoms with Gasteiger partial charge in [-0.1, -0.05) is 5.16 Å². The molecule has 0 saturated carbocycles. The van der Waals surface area contributed by atoms with Crippen LogP contribution in [0.2, 0.25) is 0 Å². The fourth-order valence-electron chi connectivity index (χ4n) is 2.11. The van der Waals surface area contributed by atoms with Crippen LogP contribution in [0, 0.1) is 5.82 Å². The van der Waals surface area contributed by atoms with Crippen LogP contribution in [-0.4, -0.2) is 39.9 Å². The van der Waals surface area contributed by atoms with Crippen molar-refractivity contribution in [1.29, 1.82) is 0 Å². The van der Waals surface area contributed by atoms with E-state index in [1.807, 2.05) is 0 Å². The van der Waals surface area contributed by atoms with Gasteiger partial charge in [0.25, 0.3) is 10.2 Å². The van der Waals surface area contributed by atoms with Gasteiger partial charge in [-0.25, -0.2) is 4.39 Å². The fourth-order valence-corrected chi connectivity index (χ4v) is 3.22. The summed E-state index contributed by atoms with van der Waals surface area (Å²) in [6.07, 6.45) is -0.0467. The Labute approximate surface area is 135 Å². The molecule has 1 heterocycles. The van der Waals surface area contributed by atoms with Gasteiger partial charge in [0.2, 0.25) is 0 Å². The minimum absolute atomic E-state index is 0.0771. The largest absolute Gasteiger partial charge is 0.494 e. The Balaban J connectivity index is 1.92. The Kier molecular flexibility index (Phi) is 5.55. The minimum Gasteiger partial charge on any atom is -0.494 e. The van der Waals surface area contributed by atoms with Gasteiger partial charge in [0.1, 0.15) is 6.10 Å². The van der Waals surface area contributed by atoms with Crippen LogP contribution in [0.4, 0.5) is 4.39 Å². The van der Waals surface area contributed by atoms with Gasteiger partial charge in [0.15, 0.2) is 11.6 Å². The average Bonchev–Trinajstić information content (AvgIpc) is 2.93. The molecule has 2 N–H and O–H groups in total. The van der Waals surface area contributed by atoms with E-state index >= 15 is 0 Å². The minimum atomic E-state index is -3.57. The van der Waals surface area contributed by atoms with Crippen LogP contribution in [0.25, 0.3) is 0 Å². The van der Waals surface area contributed by atoms with Gasteiger partial charge < -0.3 is 9.57 Å². The van der Waals surface area contributed by atoms with Crippen molar-refractivity contribution in [1.82, 2.24) is 9.44 Å². The molecule has 1 aliphatic rings. The lowest BCUT2D eigenvalue weighted by molar-refractivity contribution is 0.0890. The molecule has 9 heteroatoms. The van der Waals surface area contributed by atoms with E-state index in [-0.39, 0.29) is 18.3 Å². The number of methoxy groups -OCH3 is 1. The van der Waals surface area contributed by atoms with Gasteiger partial charge in [0, 0.05) is 18.0 Å². The van der Waals surface area contributed by atoms with Crippen molar-refractivity contribution in [2.45, 2.75) is 32.4 Å². The lowest BCUT2D eigenvalue weighted by Gasteiger charge is -2.13. The molecule has 1 aliphatic heterocycles. The summed E-state index contributed by atoms with van der Waals surface area (Å²) < 4.78 is 46.8. The Morgan fingerprint density at radius 3 is 2.83 bits per heavy atom. The first-order valence-corrected chi connectivity index (χ1v) is 8.62. The Morgan fingerprint density at radius 1 is 1.48 bits per heavy atom. The number of nitrogens with zero attached hydrogens (tertiary/aromatic N) is 1. The van der Waals surface area contributed by atoms with Crippen LogP contribution in [0.3, 0.4) is 0 Å². The smallest absolute Gasteiger partial charge is 0.277 e. The summed E-state index contributed by atoms with van der Waals surface area (Å²) in [7, 11) is -2.18. The predicted octanol–water partition coefficient (Wildman–Crippen LogP) is 1.16. The number of ether oxygens (including phenoxy) is 1. The zero-order chi connectivity index (χ0) is 17.0. The Bertz CT molecular complexity index is 691. The topological polar surface area (TPSA) is 89.0 Å². The monoisotopic (exact) mass is 345 g/mol. The van der Waals surface area contributed by atoms with Crippen LogP contribution in [0.5, 0.6) is 5.75 Å². The molecule has 0 amide bonds. The van der Waals surface area contributed by atoms with E-state index in [0.29, 0.717) is 17.7 Å². The van der Waals surface area contributed by atoms with E-state index in [9.17, 15) is 12.8 Å². The van der Waals surface area contributed by atoms with Gasteiger partial charge in [-0.2, -0.15) is 17.9 Å². The van der Waals surface area contributed by atoms with E-state index in [2.05, 4.69) is 14.6 Å². The number of hydrogen-bond donors (Lipinski definition) is 2. The fraction of sp³-hybridized carbons (Fsp3) is 0.500. The number of oxime groups is 1. The molecule has 0 aliphatic carbocycles. The maximum absolute atomic E-state index is 13.7. The van der Waals surface area contributed by atoms with Crippen molar-refractivity contribution < 1.29 is 22.4 Å². The van der Waals surface area contributed by atoms with Crippen molar-refractivity contribution in [3.63, 3.8) is 0 Å². The Hall–Kier alpha value is -1.71. The number of rotatable bonds is 7. The van der Waals surface area contributed by atoms with E-state index in [1.54, 1.807) is 19.9 Å². The molecule has 0 fully saturated rings. The highest BCUT2D eigenvalue weighted by molar-refractivity contribution is 7.87. The number of benzene rings is 1. The zero-order valence-corrected chi connectivity index (χ0v) is 14.0. The summed E-state index contributed by atoms with van der Waals surface area (Å²) in [4.78, 5) is 5.20. The van der Waals surface area contributed by atoms with E-state index in [0.717, 1.165) is 0 Å². The van der Waals surface area contributed by atoms with Crippen molar-refractivity contribution in [3.8, 4) is 5.75 Å². The average molecular weight is 345 g/mol. The van der Waals surface area contributed by atoms with Crippen LogP contribution in [0.1, 0.15) is 25.8 Å². The lowest BCUT2D eigenvalue weighted by atomic mass is 10.0. The first-order valence-electron chi connectivity index (χ1n) is 7.14. The Morgan fingerprint density at radius 2 is 2.22 bits per heavy atom. The molecule has 7 nitrogen and oxygen atoms in total. The first-order chi connectivity index (χ1) is 10.8. The lowest BCUT2D eigenvalue weighted by Crippen LogP contribution is -2.43. The molecule has 0 spiro atoms. The molecular weight excluding hydrogens is 325 g/mol. The molecule has 0 aromatic heterocycles. The second-order valence-electron chi connectivity index (χ2n) is 5.44. The van der Waals surface area contributed by atoms with E-state index in [1.165, 1.54) is 19.2 Å². The maximum Gasteiger partial charge on any atom is 0.277 e. The third kappa shape index (κ3) is 4.88. The highest BCUT2D eigenvalue weighted by Crippen LogP contribution is 2.22. The van der Waals surface area contributed by atoms with Crippen molar-refractivity contribution >= 4 is 15.9 Å². The summed E-state index contributed by atoms with van der Waals surface area (Å²) in [6, 6.07) is 4.30. The van der Waals surface area contributed by atoms with Crippen LogP contribution < -0.4 is 14.2 Å². The maximum atomic E-state index is 13.7. The van der Waals surface area contributed by atoms with Crippen molar-refractivity contribution in [2.24, 2.45) is 5.16 Å². The van der Waals surface area contributed by atoms with Crippen LogP contribution in [-0.2, 0) is 15.0 Å². The third-order valence-electron chi connectivity index (χ3n) is 3.11. The van der Waals surface area contributed by atoms with Gasteiger partial charge in [-0.3, -0.25) is 0 Å². The van der Waals surface area contributed by atoms with Crippen LogP contribution >= 0.6 is 0 Å². The summed E-state index contributed by atoms with van der Waals surface area (Å²) in [5.74, 6) is -0.338. The van der Waals surface area contributed by atoms with Crippen molar-refractivity contribution in [3.05, 3.63) is 29.6 Å². The molecule has 0 radical (unpaired) electrons. The summed E-state index contributed by atoms with van der Waals surface area (Å²) >= 11 is 0. The molecule has 1 atom stereocenters. The number of hydrogen-bond acceptors (Lipinski definition) is 5. The second-order valence-corrected chi connectivity index (χ2v) is 6.97. The van der Waals surface area contributed by atoms with Crippen molar-refractivity contribution in [2.75, 3.05) is 13.7 Å². The molecule has 0 unspecified atom stereocenters. The van der Waals surface area contributed by atoms with E-state index in [4.69, 9.17) is 9.57 Å². The zero-order valence-electron chi connectivity index (χ0n) is 13.2. The molecule has 1 aromatic carbocycles. The first kappa shape index (κ1) is 17.6. The summed E-state index contributed by atoms with van der Waals surface area (Å²) in [5, 5.41) is 3.90. The molecular formula is C14H20FN3O4S. The quantitative estimate of drug-likeness (QED) is 0.776. The SMILES string of the molecule is COc1ccc(C2=NO[C@H](CNS(=O)(=O)NC(C)C)C2)cc1F. The molecule has 0 bridgehead atoms. The number of halogens is 1. The normalized spacial score (nSPS) is 18.0. The van der Waals surface area contributed by atoms with Gasteiger partial charge in [-0.15, -0.1) is 0 Å². The van der Waals surface area contributed by atoms with Crippen LogP contribution in [0.15, 0.2) is 23.4 Å². The third-order valence-corrected chi connectivity index (χ3v) is 4.44.